The average molecular weight is 438 g/mol. The third kappa shape index (κ3) is 5.38. The third-order valence-electron chi connectivity index (χ3n) is 5.50. The Morgan fingerprint density at radius 1 is 1.26 bits per heavy atom. The summed E-state index contributed by atoms with van der Waals surface area (Å²) in [5.41, 5.74) is 1.54. The summed E-state index contributed by atoms with van der Waals surface area (Å²) < 4.78 is 1.93. The molecule has 3 aromatic rings. The minimum absolute atomic E-state index is 0.0339. The molecule has 4 rings (SSSR count). The molecule has 1 aromatic carbocycles. The van der Waals surface area contributed by atoms with E-state index in [0.717, 1.165) is 28.3 Å². The molecule has 1 fully saturated rings. The zero-order valence-corrected chi connectivity index (χ0v) is 18.5. The predicted molar refractivity (Wildman–Crippen MR) is 121 cm³/mol. The van der Waals surface area contributed by atoms with E-state index in [2.05, 4.69) is 15.3 Å². The standard InChI is InChI=1S/C23H27N5O2S/c1-17-26-21(22(31-17)19-7-3-2-4-8-19)23(30)28-11-5-6-18(15-28)14-20(29)25-10-13-27-12-9-24-16-27/h2-4,7-9,12,16,18H,5-6,10-11,13-15H2,1H3,(H,25,29)/t18-/m1/s1. The topological polar surface area (TPSA) is 80.1 Å². The second kappa shape index (κ2) is 9.87. The van der Waals surface area contributed by atoms with Gasteiger partial charge in [-0.25, -0.2) is 9.97 Å². The van der Waals surface area contributed by atoms with E-state index in [0.29, 0.717) is 38.3 Å². The molecule has 1 aliphatic heterocycles. The first-order chi connectivity index (χ1) is 15.1. The molecule has 1 saturated heterocycles. The SMILES string of the molecule is Cc1nc(C(=O)N2CCC[C@H](CC(=O)NCCn3ccnc3)C2)c(-c2ccccc2)s1. The molecule has 1 aliphatic rings. The van der Waals surface area contributed by atoms with Crippen molar-refractivity contribution < 1.29 is 9.59 Å². The lowest BCUT2D eigenvalue weighted by atomic mass is 9.94. The van der Waals surface area contributed by atoms with Gasteiger partial charge in [0.1, 0.15) is 5.69 Å². The van der Waals surface area contributed by atoms with Crippen LogP contribution in [0.3, 0.4) is 0 Å². The summed E-state index contributed by atoms with van der Waals surface area (Å²) in [6, 6.07) is 9.93. The van der Waals surface area contributed by atoms with Gasteiger partial charge in [-0.15, -0.1) is 11.3 Å². The van der Waals surface area contributed by atoms with Crippen LogP contribution in [0.25, 0.3) is 10.4 Å². The van der Waals surface area contributed by atoms with Crippen molar-refractivity contribution in [2.75, 3.05) is 19.6 Å². The molecule has 0 unspecified atom stereocenters. The van der Waals surface area contributed by atoms with Crippen LogP contribution in [0.1, 0.15) is 34.8 Å². The summed E-state index contributed by atoms with van der Waals surface area (Å²) in [6.45, 7) is 4.51. The summed E-state index contributed by atoms with van der Waals surface area (Å²) in [6.07, 6.45) is 7.64. The Hall–Kier alpha value is -3.00. The van der Waals surface area contributed by atoms with Crippen molar-refractivity contribution in [1.29, 1.82) is 0 Å². The molecule has 0 radical (unpaired) electrons. The number of carbonyl (C=O) groups excluding carboxylic acids is 2. The van der Waals surface area contributed by atoms with E-state index in [9.17, 15) is 9.59 Å². The number of aryl methyl sites for hydroxylation is 1. The third-order valence-corrected chi connectivity index (χ3v) is 6.52. The van der Waals surface area contributed by atoms with Crippen LogP contribution in [0.5, 0.6) is 0 Å². The number of aromatic nitrogens is 3. The minimum Gasteiger partial charge on any atom is -0.354 e. The summed E-state index contributed by atoms with van der Waals surface area (Å²) in [5.74, 6) is 0.174. The smallest absolute Gasteiger partial charge is 0.274 e. The van der Waals surface area contributed by atoms with Gasteiger partial charge < -0.3 is 14.8 Å². The zero-order chi connectivity index (χ0) is 21.6. The van der Waals surface area contributed by atoms with Crippen LogP contribution in [0.4, 0.5) is 0 Å². The van der Waals surface area contributed by atoms with Gasteiger partial charge in [0.2, 0.25) is 5.91 Å². The summed E-state index contributed by atoms with van der Waals surface area (Å²) >= 11 is 1.55. The summed E-state index contributed by atoms with van der Waals surface area (Å²) in [4.78, 5) is 37.0. The second-order valence-corrected chi connectivity index (χ2v) is 9.09. The van der Waals surface area contributed by atoms with Crippen LogP contribution < -0.4 is 5.32 Å². The van der Waals surface area contributed by atoms with E-state index in [4.69, 9.17) is 0 Å². The number of piperidine rings is 1. The Labute approximate surface area is 186 Å². The van der Waals surface area contributed by atoms with Gasteiger partial charge in [-0.3, -0.25) is 9.59 Å². The molecule has 3 heterocycles. The Balaban J connectivity index is 1.35. The highest BCUT2D eigenvalue weighted by molar-refractivity contribution is 7.15. The van der Waals surface area contributed by atoms with E-state index in [1.54, 1.807) is 23.9 Å². The van der Waals surface area contributed by atoms with E-state index < -0.39 is 0 Å². The number of rotatable bonds is 7. The van der Waals surface area contributed by atoms with Gasteiger partial charge in [0, 0.05) is 45.0 Å². The van der Waals surface area contributed by atoms with Crippen LogP contribution >= 0.6 is 11.3 Å². The van der Waals surface area contributed by atoms with E-state index in [1.807, 2.05) is 52.9 Å². The lowest BCUT2D eigenvalue weighted by Crippen LogP contribution is -2.42. The lowest BCUT2D eigenvalue weighted by Gasteiger charge is -2.32. The molecule has 1 atom stereocenters. The number of hydrogen-bond donors (Lipinski definition) is 1. The quantitative estimate of drug-likeness (QED) is 0.615. The number of nitrogens with zero attached hydrogens (tertiary/aromatic N) is 4. The first-order valence-corrected chi connectivity index (χ1v) is 11.5. The lowest BCUT2D eigenvalue weighted by molar-refractivity contribution is -0.122. The van der Waals surface area contributed by atoms with Gasteiger partial charge in [-0.05, 0) is 31.2 Å². The molecule has 2 aromatic heterocycles. The fourth-order valence-corrected chi connectivity index (χ4v) is 4.92. The normalized spacial score (nSPS) is 16.3. The van der Waals surface area contributed by atoms with Crippen LogP contribution in [0.2, 0.25) is 0 Å². The van der Waals surface area contributed by atoms with Gasteiger partial charge in [0.15, 0.2) is 0 Å². The van der Waals surface area contributed by atoms with Gasteiger partial charge >= 0.3 is 0 Å². The maximum Gasteiger partial charge on any atom is 0.274 e. The van der Waals surface area contributed by atoms with Crippen LogP contribution in [0, 0.1) is 12.8 Å². The molecule has 8 heteroatoms. The number of imidazole rings is 1. The van der Waals surface area contributed by atoms with E-state index in [-0.39, 0.29) is 17.7 Å². The van der Waals surface area contributed by atoms with Crippen LogP contribution in [-0.2, 0) is 11.3 Å². The highest BCUT2D eigenvalue weighted by Crippen LogP contribution is 2.32. The average Bonchev–Trinajstić information content (AvgIpc) is 3.44. The van der Waals surface area contributed by atoms with Gasteiger partial charge in [0.05, 0.1) is 16.2 Å². The van der Waals surface area contributed by atoms with Gasteiger partial charge in [-0.2, -0.15) is 0 Å². The van der Waals surface area contributed by atoms with E-state index >= 15 is 0 Å². The zero-order valence-electron chi connectivity index (χ0n) is 17.7. The Morgan fingerprint density at radius 2 is 2.10 bits per heavy atom. The highest BCUT2D eigenvalue weighted by atomic mass is 32.1. The molecule has 31 heavy (non-hydrogen) atoms. The number of benzene rings is 1. The van der Waals surface area contributed by atoms with E-state index in [1.165, 1.54) is 0 Å². The number of nitrogens with one attached hydrogen (secondary N) is 1. The first kappa shape index (κ1) is 21.2. The van der Waals surface area contributed by atoms with Crippen molar-refractivity contribution in [3.8, 4) is 10.4 Å². The van der Waals surface area contributed by atoms with Crippen molar-refractivity contribution in [3.63, 3.8) is 0 Å². The number of likely N-dealkylation sites (tertiary alicyclic amines) is 1. The summed E-state index contributed by atoms with van der Waals surface area (Å²) in [5, 5.41) is 3.86. The largest absolute Gasteiger partial charge is 0.354 e. The molecular weight excluding hydrogens is 410 g/mol. The highest BCUT2D eigenvalue weighted by Gasteiger charge is 2.29. The second-order valence-electron chi connectivity index (χ2n) is 7.89. The maximum atomic E-state index is 13.3. The van der Waals surface area contributed by atoms with Crippen molar-refractivity contribution in [1.82, 2.24) is 24.8 Å². The minimum atomic E-state index is -0.0339. The molecule has 0 saturated carbocycles. The molecule has 0 spiro atoms. The van der Waals surface area contributed by atoms with Crippen LogP contribution in [0.15, 0.2) is 49.1 Å². The molecular formula is C23H27N5O2S. The predicted octanol–water partition coefficient (Wildman–Crippen LogP) is 3.37. The number of thiazole rings is 1. The Kier molecular flexibility index (Phi) is 6.76. The van der Waals surface area contributed by atoms with Crippen molar-refractivity contribution in [2.24, 2.45) is 5.92 Å². The number of carbonyl (C=O) groups is 2. The fraction of sp³-hybridized carbons (Fsp3) is 0.391. The molecule has 0 bridgehead atoms. The van der Waals surface area contributed by atoms with Crippen LogP contribution in [-0.4, -0.2) is 50.9 Å². The monoisotopic (exact) mass is 437 g/mol. The van der Waals surface area contributed by atoms with Crippen molar-refractivity contribution in [2.45, 2.75) is 32.7 Å². The molecule has 1 N–H and O–H groups in total. The molecule has 2 amide bonds. The van der Waals surface area contributed by atoms with Gasteiger partial charge in [0.25, 0.3) is 5.91 Å². The number of amides is 2. The maximum absolute atomic E-state index is 13.3. The summed E-state index contributed by atoms with van der Waals surface area (Å²) in [7, 11) is 0. The molecule has 162 valence electrons. The van der Waals surface area contributed by atoms with Gasteiger partial charge in [-0.1, -0.05) is 30.3 Å². The van der Waals surface area contributed by atoms with Crippen molar-refractivity contribution >= 4 is 23.2 Å². The first-order valence-electron chi connectivity index (χ1n) is 10.6. The Bertz CT molecular complexity index is 1020. The Morgan fingerprint density at radius 3 is 2.87 bits per heavy atom. The molecule has 0 aliphatic carbocycles. The fourth-order valence-electron chi connectivity index (χ4n) is 4.00. The molecule has 7 nitrogen and oxygen atoms in total. The number of hydrogen-bond acceptors (Lipinski definition) is 5. The van der Waals surface area contributed by atoms with Crippen molar-refractivity contribution in [3.05, 3.63) is 59.8 Å².